The molecule has 1 aromatic rings. The van der Waals surface area contributed by atoms with Crippen LogP contribution in [0, 0.1) is 5.92 Å². The topological polar surface area (TPSA) is 37.3 Å². The fourth-order valence-corrected chi connectivity index (χ4v) is 2.47. The molecule has 1 aromatic carbocycles. The van der Waals surface area contributed by atoms with Gasteiger partial charge >= 0.3 is 5.97 Å². The van der Waals surface area contributed by atoms with Crippen molar-refractivity contribution in [2.75, 3.05) is 5.75 Å². The van der Waals surface area contributed by atoms with Gasteiger partial charge < -0.3 is 5.11 Å². The first kappa shape index (κ1) is 12.1. The molecule has 0 saturated heterocycles. The lowest BCUT2D eigenvalue weighted by Gasteiger charge is -2.06. The Hall–Kier alpha value is -0.960. The predicted molar refractivity (Wildman–Crippen MR) is 63.6 cm³/mol. The van der Waals surface area contributed by atoms with Crippen molar-refractivity contribution in [3.63, 3.8) is 0 Å². The number of carbonyl (C=O) groups is 1. The van der Waals surface area contributed by atoms with Gasteiger partial charge in [-0.05, 0) is 30.2 Å². The highest BCUT2D eigenvalue weighted by atomic mass is 32.2. The molecule has 1 N–H and O–H groups in total. The van der Waals surface area contributed by atoms with Gasteiger partial charge in [-0.3, -0.25) is 0 Å². The van der Waals surface area contributed by atoms with Gasteiger partial charge in [0.2, 0.25) is 0 Å². The average Bonchev–Trinajstić information content (AvgIpc) is 2.17. The van der Waals surface area contributed by atoms with Crippen molar-refractivity contribution in [3.05, 3.63) is 29.8 Å². The van der Waals surface area contributed by atoms with Crippen LogP contribution in [0.2, 0.25) is 0 Å². The van der Waals surface area contributed by atoms with Crippen molar-refractivity contribution < 1.29 is 9.90 Å². The number of benzene rings is 1. The highest BCUT2D eigenvalue weighted by Crippen LogP contribution is 2.24. The van der Waals surface area contributed by atoms with Crippen LogP contribution in [-0.4, -0.2) is 16.8 Å². The minimum absolute atomic E-state index is 0.409. The van der Waals surface area contributed by atoms with Crippen LogP contribution in [0.1, 0.15) is 30.6 Å². The normalized spacial score (nSPS) is 10.6. The van der Waals surface area contributed by atoms with Gasteiger partial charge in [-0.15, -0.1) is 11.8 Å². The second-order valence-electron chi connectivity index (χ2n) is 3.83. The maximum absolute atomic E-state index is 10.9. The second kappa shape index (κ2) is 5.81. The third-order valence-electron chi connectivity index (χ3n) is 2.07. The van der Waals surface area contributed by atoms with E-state index >= 15 is 0 Å². The quantitative estimate of drug-likeness (QED) is 0.777. The smallest absolute Gasteiger partial charge is 0.336 e. The van der Waals surface area contributed by atoms with Gasteiger partial charge in [0.05, 0.1) is 5.56 Å². The molecular formula is C12H16O2S. The molecule has 1 rings (SSSR count). The Bertz CT molecular complexity index is 334. The maximum Gasteiger partial charge on any atom is 0.336 e. The number of aromatic carboxylic acids is 1. The Labute approximate surface area is 94.7 Å². The van der Waals surface area contributed by atoms with E-state index in [0.717, 1.165) is 17.1 Å². The monoisotopic (exact) mass is 224 g/mol. The molecule has 0 amide bonds. The number of hydrogen-bond donors (Lipinski definition) is 1. The van der Waals surface area contributed by atoms with E-state index in [1.165, 1.54) is 0 Å². The zero-order valence-electron chi connectivity index (χ0n) is 9.06. The van der Waals surface area contributed by atoms with E-state index in [2.05, 4.69) is 13.8 Å². The second-order valence-corrected chi connectivity index (χ2v) is 4.97. The summed E-state index contributed by atoms with van der Waals surface area (Å²) in [4.78, 5) is 11.8. The van der Waals surface area contributed by atoms with Gasteiger partial charge in [0.25, 0.3) is 0 Å². The van der Waals surface area contributed by atoms with Crippen LogP contribution >= 0.6 is 11.8 Å². The van der Waals surface area contributed by atoms with E-state index in [0.29, 0.717) is 11.5 Å². The molecular weight excluding hydrogens is 208 g/mol. The van der Waals surface area contributed by atoms with Crippen LogP contribution in [-0.2, 0) is 0 Å². The summed E-state index contributed by atoms with van der Waals surface area (Å²) >= 11 is 1.62. The lowest BCUT2D eigenvalue weighted by atomic mass is 10.2. The Kier molecular flexibility index (Phi) is 4.69. The molecule has 0 aliphatic heterocycles. The molecule has 0 saturated carbocycles. The summed E-state index contributed by atoms with van der Waals surface area (Å²) in [5.41, 5.74) is 0.409. The fourth-order valence-electron chi connectivity index (χ4n) is 1.17. The SMILES string of the molecule is CC(C)CCSc1ccccc1C(=O)O. The van der Waals surface area contributed by atoms with Gasteiger partial charge in [-0.2, -0.15) is 0 Å². The first-order chi connectivity index (χ1) is 7.11. The largest absolute Gasteiger partial charge is 0.478 e. The molecule has 0 fully saturated rings. The molecule has 0 aliphatic carbocycles. The molecule has 0 heterocycles. The number of carboxylic acid groups (broad SMARTS) is 1. The van der Waals surface area contributed by atoms with Crippen molar-refractivity contribution in [2.24, 2.45) is 5.92 Å². The lowest BCUT2D eigenvalue weighted by molar-refractivity contribution is 0.0693. The number of thioether (sulfide) groups is 1. The Balaban J connectivity index is 2.63. The molecule has 0 spiro atoms. The highest BCUT2D eigenvalue weighted by molar-refractivity contribution is 7.99. The van der Waals surface area contributed by atoms with Crippen molar-refractivity contribution in [1.29, 1.82) is 0 Å². The molecule has 0 atom stereocenters. The minimum atomic E-state index is -0.845. The first-order valence-electron chi connectivity index (χ1n) is 5.06. The van der Waals surface area contributed by atoms with E-state index in [-0.39, 0.29) is 0 Å². The van der Waals surface area contributed by atoms with Crippen LogP contribution in [0.25, 0.3) is 0 Å². The van der Waals surface area contributed by atoms with Crippen molar-refractivity contribution in [2.45, 2.75) is 25.2 Å². The average molecular weight is 224 g/mol. The van der Waals surface area contributed by atoms with Gasteiger partial charge in [0.15, 0.2) is 0 Å². The van der Waals surface area contributed by atoms with Gasteiger partial charge in [0, 0.05) is 4.90 Å². The lowest BCUT2D eigenvalue weighted by Crippen LogP contribution is -1.99. The third-order valence-corrected chi connectivity index (χ3v) is 3.18. The Morgan fingerprint density at radius 1 is 1.40 bits per heavy atom. The fraction of sp³-hybridized carbons (Fsp3) is 0.417. The first-order valence-corrected chi connectivity index (χ1v) is 6.05. The van der Waals surface area contributed by atoms with E-state index in [4.69, 9.17) is 5.11 Å². The number of rotatable bonds is 5. The minimum Gasteiger partial charge on any atom is -0.478 e. The van der Waals surface area contributed by atoms with E-state index in [1.54, 1.807) is 23.9 Å². The molecule has 15 heavy (non-hydrogen) atoms. The van der Waals surface area contributed by atoms with E-state index in [9.17, 15) is 4.79 Å². The van der Waals surface area contributed by atoms with Crippen LogP contribution in [0.4, 0.5) is 0 Å². The van der Waals surface area contributed by atoms with E-state index in [1.807, 2.05) is 12.1 Å². The molecule has 82 valence electrons. The van der Waals surface area contributed by atoms with Crippen LogP contribution in [0.5, 0.6) is 0 Å². The molecule has 2 nitrogen and oxygen atoms in total. The van der Waals surface area contributed by atoms with Gasteiger partial charge in [-0.1, -0.05) is 26.0 Å². The highest BCUT2D eigenvalue weighted by Gasteiger charge is 2.08. The van der Waals surface area contributed by atoms with E-state index < -0.39 is 5.97 Å². The summed E-state index contributed by atoms with van der Waals surface area (Å²) in [6, 6.07) is 7.16. The third kappa shape index (κ3) is 3.96. The summed E-state index contributed by atoms with van der Waals surface area (Å²) < 4.78 is 0. The molecule has 0 radical (unpaired) electrons. The maximum atomic E-state index is 10.9. The van der Waals surface area contributed by atoms with Gasteiger partial charge in [-0.25, -0.2) is 4.79 Å². The zero-order chi connectivity index (χ0) is 11.3. The zero-order valence-corrected chi connectivity index (χ0v) is 9.88. The number of carboxylic acids is 1. The Morgan fingerprint density at radius 3 is 2.67 bits per heavy atom. The molecule has 0 unspecified atom stereocenters. The van der Waals surface area contributed by atoms with Crippen LogP contribution in [0.15, 0.2) is 29.2 Å². The Morgan fingerprint density at radius 2 is 2.07 bits per heavy atom. The van der Waals surface area contributed by atoms with Crippen molar-refractivity contribution >= 4 is 17.7 Å². The summed E-state index contributed by atoms with van der Waals surface area (Å²) in [6.45, 7) is 4.34. The molecule has 0 aromatic heterocycles. The molecule has 0 aliphatic rings. The van der Waals surface area contributed by atoms with Crippen molar-refractivity contribution in [1.82, 2.24) is 0 Å². The summed E-state index contributed by atoms with van der Waals surface area (Å²) in [7, 11) is 0. The summed E-state index contributed by atoms with van der Waals surface area (Å²) in [6.07, 6.45) is 1.11. The summed E-state index contributed by atoms with van der Waals surface area (Å²) in [5, 5.41) is 8.96. The van der Waals surface area contributed by atoms with Crippen LogP contribution in [0.3, 0.4) is 0 Å². The van der Waals surface area contributed by atoms with Crippen LogP contribution < -0.4 is 0 Å². The number of hydrogen-bond acceptors (Lipinski definition) is 2. The molecule has 0 bridgehead atoms. The predicted octanol–water partition coefficient (Wildman–Crippen LogP) is 3.52. The van der Waals surface area contributed by atoms with Gasteiger partial charge in [0.1, 0.15) is 0 Å². The summed E-state index contributed by atoms with van der Waals surface area (Å²) in [5.74, 6) is 0.791. The van der Waals surface area contributed by atoms with Crippen molar-refractivity contribution in [3.8, 4) is 0 Å². The molecule has 3 heteroatoms. The standard InChI is InChI=1S/C12H16O2S/c1-9(2)7-8-15-11-6-4-3-5-10(11)12(13)14/h3-6,9H,7-8H2,1-2H3,(H,13,14).